The maximum Gasteiger partial charge on any atom is 0.306 e. The quantitative estimate of drug-likeness (QED) is 0.245. The maximum absolute atomic E-state index is 11.8. The number of rotatable bonds is 15. The summed E-state index contributed by atoms with van der Waals surface area (Å²) in [6.07, 6.45) is -1.16. The van der Waals surface area contributed by atoms with Gasteiger partial charge in [0.1, 0.15) is 24.8 Å². The number of nitriles is 1. The van der Waals surface area contributed by atoms with Crippen LogP contribution < -0.4 is 4.90 Å². The number of azo groups is 1. The predicted octanol–water partition coefficient (Wildman–Crippen LogP) is 3.67. The third-order valence-corrected chi connectivity index (χ3v) is 5.91. The molecule has 0 aliphatic heterocycles. The number of aromatic nitrogens is 1. The second-order valence-corrected chi connectivity index (χ2v) is 8.70. The van der Waals surface area contributed by atoms with E-state index in [2.05, 4.69) is 20.7 Å². The molecular weight excluding hydrogens is 518 g/mol. The molecule has 0 atom stereocenters. The molecule has 0 aliphatic carbocycles. The van der Waals surface area contributed by atoms with Gasteiger partial charge in [-0.3, -0.25) is 19.2 Å². The molecule has 0 amide bonds. The van der Waals surface area contributed by atoms with Gasteiger partial charge >= 0.3 is 23.9 Å². The number of carbonyl (C=O) groups excluding carboxylic acids is 2. The van der Waals surface area contributed by atoms with Crippen molar-refractivity contribution in [2.75, 3.05) is 31.2 Å². The Kier molecular flexibility index (Phi) is 11.8. The van der Waals surface area contributed by atoms with E-state index < -0.39 is 23.9 Å². The zero-order valence-electron chi connectivity index (χ0n) is 20.9. The highest BCUT2D eigenvalue weighted by Crippen LogP contribution is 2.31. The van der Waals surface area contributed by atoms with Gasteiger partial charge < -0.3 is 24.6 Å². The van der Waals surface area contributed by atoms with Crippen LogP contribution in [0.4, 0.5) is 16.4 Å². The van der Waals surface area contributed by atoms with Gasteiger partial charge in [0.25, 0.3) is 0 Å². The van der Waals surface area contributed by atoms with E-state index in [0.29, 0.717) is 27.6 Å². The molecule has 0 radical (unpaired) electrons. The number of hydrogen-bond donors (Lipinski definition) is 2. The molecule has 38 heavy (non-hydrogen) atoms. The van der Waals surface area contributed by atoms with Gasteiger partial charge in [0, 0.05) is 5.69 Å². The van der Waals surface area contributed by atoms with Crippen LogP contribution in [0.1, 0.15) is 42.5 Å². The Hall–Kier alpha value is -4.38. The Bertz CT molecular complexity index is 1200. The van der Waals surface area contributed by atoms with Crippen LogP contribution >= 0.6 is 11.5 Å². The molecule has 2 aromatic rings. The number of carboxylic acid groups (broad SMARTS) is 2. The lowest BCUT2D eigenvalue weighted by molar-refractivity contribution is -0.147. The van der Waals surface area contributed by atoms with E-state index in [9.17, 15) is 24.4 Å². The standard InChI is InChI=1S/C24H27N5O8S/c1-15-13-17(3-4-19(15)26-27-24-18(14-25)16(2)28-38-24)29(9-11-36-22(34)7-5-20(30)31)10-12-37-23(35)8-6-21(32)33/h3-4,13H,5-12H2,1-2H3,(H,30,31)(H,32,33). The summed E-state index contributed by atoms with van der Waals surface area (Å²) in [4.78, 5) is 46.6. The van der Waals surface area contributed by atoms with Crippen molar-refractivity contribution >= 4 is 51.8 Å². The molecule has 1 aromatic carbocycles. The first-order valence-electron chi connectivity index (χ1n) is 11.5. The van der Waals surface area contributed by atoms with Gasteiger partial charge in [-0.1, -0.05) is 0 Å². The highest BCUT2D eigenvalue weighted by Gasteiger charge is 2.14. The molecule has 1 aromatic heterocycles. The summed E-state index contributed by atoms with van der Waals surface area (Å²) in [6.45, 7) is 3.91. The first-order chi connectivity index (χ1) is 18.1. The van der Waals surface area contributed by atoms with E-state index in [0.717, 1.165) is 17.1 Å². The molecule has 0 spiro atoms. The van der Waals surface area contributed by atoms with E-state index in [1.807, 2.05) is 13.0 Å². The van der Waals surface area contributed by atoms with Crippen molar-refractivity contribution in [2.24, 2.45) is 10.2 Å². The number of ether oxygens (including phenoxy) is 2. The van der Waals surface area contributed by atoms with Gasteiger partial charge in [-0.2, -0.15) is 9.64 Å². The van der Waals surface area contributed by atoms with E-state index in [1.165, 1.54) is 0 Å². The Morgan fingerprint density at radius 1 is 0.974 bits per heavy atom. The second kappa shape index (κ2) is 15.0. The van der Waals surface area contributed by atoms with Crippen molar-refractivity contribution in [3.8, 4) is 6.07 Å². The molecule has 1 heterocycles. The molecule has 202 valence electrons. The van der Waals surface area contributed by atoms with Gasteiger partial charge in [-0.05, 0) is 49.1 Å². The monoisotopic (exact) mass is 545 g/mol. The number of hydrogen-bond acceptors (Lipinski definition) is 12. The Morgan fingerprint density at radius 3 is 2.05 bits per heavy atom. The number of carboxylic acids is 2. The number of aryl methyl sites for hydroxylation is 2. The van der Waals surface area contributed by atoms with Crippen LogP contribution in [0.5, 0.6) is 0 Å². The fraction of sp³-hybridized carbons (Fsp3) is 0.417. The lowest BCUT2D eigenvalue weighted by atomic mass is 10.1. The zero-order valence-corrected chi connectivity index (χ0v) is 21.7. The number of anilines is 1. The number of esters is 2. The molecule has 13 nitrogen and oxygen atoms in total. The smallest absolute Gasteiger partial charge is 0.306 e. The average Bonchev–Trinajstić information content (AvgIpc) is 3.23. The van der Waals surface area contributed by atoms with Crippen LogP contribution in [-0.2, 0) is 28.7 Å². The maximum atomic E-state index is 11.8. The van der Waals surface area contributed by atoms with E-state index in [4.69, 9.17) is 19.7 Å². The molecule has 0 fully saturated rings. The van der Waals surface area contributed by atoms with Crippen LogP contribution in [0.25, 0.3) is 0 Å². The van der Waals surface area contributed by atoms with Crippen LogP contribution in [-0.4, -0.2) is 64.8 Å². The molecule has 0 saturated heterocycles. The fourth-order valence-electron chi connectivity index (χ4n) is 3.07. The summed E-state index contributed by atoms with van der Waals surface area (Å²) in [5.74, 6) is -3.49. The third kappa shape index (κ3) is 9.94. The minimum absolute atomic E-state index is 0.0341. The summed E-state index contributed by atoms with van der Waals surface area (Å²) in [5, 5.41) is 35.4. The summed E-state index contributed by atoms with van der Waals surface area (Å²) in [5.41, 5.74) is 2.98. The van der Waals surface area contributed by atoms with Crippen LogP contribution in [0, 0.1) is 25.2 Å². The molecule has 14 heteroatoms. The first kappa shape index (κ1) is 29.8. The minimum atomic E-state index is -1.10. The molecular formula is C24H27N5O8S. The van der Waals surface area contributed by atoms with Crippen molar-refractivity contribution in [1.29, 1.82) is 5.26 Å². The van der Waals surface area contributed by atoms with Crippen LogP contribution in [0.15, 0.2) is 28.4 Å². The molecule has 2 N–H and O–H groups in total. The highest BCUT2D eigenvalue weighted by molar-refractivity contribution is 7.10. The normalized spacial score (nSPS) is 10.7. The van der Waals surface area contributed by atoms with Crippen molar-refractivity contribution in [2.45, 2.75) is 39.5 Å². The van der Waals surface area contributed by atoms with Gasteiger partial charge in [0.15, 0.2) is 5.00 Å². The minimum Gasteiger partial charge on any atom is -0.481 e. The lowest BCUT2D eigenvalue weighted by Gasteiger charge is -2.25. The van der Waals surface area contributed by atoms with Crippen molar-refractivity contribution < 1.29 is 38.9 Å². The van der Waals surface area contributed by atoms with E-state index >= 15 is 0 Å². The number of carbonyl (C=O) groups is 4. The van der Waals surface area contributed by atoms with Crippen LogP contribution in [0.3, 0.4) is 0 Å². The summed E-state index contributed by atoms with van der Waals surface area (Å²) in [7, 11) is 0. The number of nitrogens with zero attached hydrogens (tertiary/aromatic N) is 5. The highest BCUT2D eigenvalue weighted by atomic mass is 32.1. The topological polar surface area (TPSA) is 192 Å². The molecule has 2 rings (SSSR count). The SMILES string of the molecule is Cc1cc(N(CCOC(=O)CCC(=O)O)CCOC(=O)CCC(=O)O)ccc1N=Nc1snc(C)c1C#N. The van der Waals surface area contributed by atoms with Gasteiger partial charge in [0.05, 0.1) is 50.2 Å². The molecule has 0 bridgehead atoms. The summed E-state index contributed by atoms with van der Waals surface area (Å²) >= 11 is 1.08. The predicted molar refractivity (Wildman–Crippen MR) is 135 cm³/mol. The first-order valence-corrected chi connectivity index (χ1v) is 12.3. The van der Waals surface area contributed by atoms with Crippen molar-refractivity contribution in [3.05, 3.63) is 35.0 Å². The van der Waals surface area contributed by atoms with Gasteiger partial charge in [-0.15, -0.1) is 10.2 Å². The molecule has 0 saturated carbocycles. The zero-order chi connectivity index (χ0) is 28.1. The fourth-order valence-corrected chi connectivity index (χ4v) is 3.75. The Balaban J connectivity index is 2.09. The molecule has 0 aliphatic rings. The average molecular weight is 546 g/mol. The summed E-state index contributed by atoms with van der Waals surface area (Å²) < 4.78 is 14.4. The summed E-state index contributed by atoms with van der Waals surface area (Å²) in [6, 6.07) is 7.35. The Morgan fingerprint density at radius 2 is 1.55 bits per heavy atom. The molecule has 0 unspecified atom stereocenters. The third-order valence-electron chi connectivity index (χ3n) is 5.09. The van der Waals surface area contributed by atoms with Gasteiger partial charge in [0.2, 0.25) is 0 Å². The largest absolute Gasteiger partial charge is 0.481 e. The number of benzene rings is 1. The van der Waals surface area contributed by atoms with Gasteiger partial charge in [-0.25, -0.2) is 0 Å². The van der Waals surface area contributed by atoms with Crippen molar-refractivity contribution in [3.63, 3.8) is 0 Å². The number of aliphatic carboxylic acids is 2. The second-order valence-electron chi connectivity index (χ2n) is 7.95. The van der Waals surface area contributed by atoms with Crippen molar-refractivity contribution in [1.82, 2.24) is 4.37 Å². The lowest BCUT2D eigenvalue weighted by Crippen LogP contribution is -2.32. The van der Waals surface area contributed by atoms with E-state index in [1.54, 1.807) is 24.0 Å². The van der Waals surface area contributed by atoms with Crippen LogP contribution in [0.2, 0.25) is 0 Å². The van der Waals surface area contributed by atoms with E-state index in [-0.39, 0.29) is 52.0 Å². The Labute approximate surface area is 222 Å².